The molecule has 0 spiro atoms. The molecule has 1 aliphatic carbocycles. The fourth-order valence-electron chi connectivity index (χ4n) is 8.28. The molecule has 214 valence electrons. The molecule has 0 radical (unpaired) electrons. The van der Waals surface area contributed by atoms with E-state index in [-0.39, 0.29) is 5.41 Å². The largest absolute Gasteiger partial charge is 0.457 e. The quantitative estimate of drug-likeness (QED) is 0.203. The van der Waals surface area contributed by atoms with E-state index in [4.69, 9.17) is 4.74 Å². The zero-order valence-corrected chi connectivity index (χ0v) is 25.4. The average molecular weight is 577 g/mol. The van der Waals surface area contributed by atoms with Gasteiger partial charge in [0, 0.05) is 16.5 Å². The standard InChI is InChI=1S/C44H32O/c1-43(2)38-23-10-11-24-39(38)45-40-25-13-21-34(42(40)43)30-15-12-18-32(28-30)44(31-16-4-3-5-17-31)37-22-9-8-20-35(37)36-27-26-29-14-6-7-19-33(29)41(36)44/h3-28H,1-2H3. The number of hydrogen-bond donors (Lipinski definition) is 0. The summed E-state index contributed by atoms with van der Waals surface area (Å²) in [6, 6.07) is 57.8. The first-order valence-corrected chi connectivity index (χ1v) is 15.8. The molecule has 45 heavy (non-hydrogen) atoms. The zero-order chi connectivity index (χ0) is 30.2. The molecule has 1 nitrogen and oxygen atoms in total. The Balaban J connectivity index is 1.36. The molecule has 1 atom stereocenters. The van der Waals surface area contributed by atoms with E-state index in [0.717, 1.165) is 11.5 Å². The Kier molecular flexibility index (Phi) is 5.53. The van der Waals surface area contributed by atoms with Gasteiger partial charge in [-0.1, -0.05) is 153 Å². The number of rotatable bonds is 3. The van der Waals surface area contributed by atoms with E-state index in [1.165, 1.54) is 66.4 Å². The monoisotopic (exact) mass is 576 g/mol. The van der Waals surface area contributed by atoms with Gasteiger partial charge in [-0.15, -0.1) is 0 Å². The van der Waals surface area contributed by atoms with Crippen molar-refractivity contribution < 1.29 is 4.74 Å². The maximum Gasteiger partial charge on any atom is 0.132 e. The summed E-state index contributed by atoms with van der Waals surface area (Å²) in [6.45, 7) is 4.64. The third-order valence-corrected chi connectivity index (χ3v) is 10.2. The van der Waals surface area contributed by atoms with Gasteiger partial charge in [-0.05, 0) is 73.5 Å². The zero-order valence-electron chi connectivity index (χ0n) is 25.4. The van der Waals surface area contributed by atoms with E-state index in [1.54, 1.807) is 0 Å². The van der Waals surface area contributed by atoms with E-state index in [1.807, 2.05) is 0 Å². The van der Waals surface area contributed by atoms with Crippen LogP contribution in [0.2, 0.25) is 0 Å². The molecular formula is C44H32O. The number of para-hydroxylation sites is 1. The number of benzene rings is 7. The van der Waals surface area contributed by atoms with E-state index in [9.17, 15) is 0 Å². The molecule has 1 aliphatic heterocycles. The fraction of sp³-hybridized carbons (Fsp3) is 0.0909. The number of hydrogen-bond acceptors (Lipinski definition) is 1. The smallest absolute Gasteiger partial charge is 0.132 e. The maximum atomic E-state index is 6.54. The Bertz CT molecular complexity index is 2280. The third-order valence-electron chi connectivity index (χ3n) is 10.2. The molecule has 0 N–H and O–H groups in total. The molecule has 0 aromatic heterocycles. The SMILES string of the molecule is CC1(C)c2ccccc2Oc2cccc(-c3cccc(C4(c5ccccc5)c5ccccc5-c5ccc6ccccc6c54)c3)c21. The van der Waals surface area contributed by atoms with Crippen molar-refractivity contribution in [3.05, 3.63) is 191 Å². The Morgan fingerprint density at radius 3 is 2.00 bits per heavy atom. The second kappa shape index (κ2) is 9.55. The van der Waals surface area contributed by atoms with Crippen LogP contribution in [0.3, 0.4) is 0 Å². The van der Waals surface area contributed by atoms with Crippen LogP contribution >= 0.6 is 0 Å². The lowest BCUT2D eigenvalue weighted by Gasteiger charge is -2.37. The van der Waals surface area contributed by atoms with Gasteiger partial charge >= 0.3 is 0 Å². The van der Waals surface area contributed by atoms with Gasteiger partial charge in [-0.25, -0.2) is 0 Å². The Morgan fingerprint density at radius 2 is 1.11 bits per heavy atom. The van der Waals surface area contributed by atoms with Crippen LogP contribution in [0, 0.1) is 0 Å². The highest BCUT2D eigenvalue weighted by atomic mass is 16.5. The number of fused-ring (bicyclic) bond motifs is 7. The lowest BCUT2D eigenvalue weighted by molar-refractivity contribution is 0.419. The first kappa shape index (κ1) is 26.0. The first-order valence-electron chi connectivity index (χ1n) is 15.8. The molecule has 2 aliphatic rings. The van der Waals surface area contributed by atoms with Crippen LogP contribution in [0.15, 0.2) is 158 Å². The van der Waals surface area contributed by atoms with Crippen LogP contribution in [0.5, 0.6) is 11.5 Å². The van der Waals surface area contributed by atoms with Crippen LogP contribution in [0.25, 0.3) is 33.0 Å². The van der Waals surface area contributed by atoms with Crippen molar-refractivity contribution in [1.29, 1.82) is 0 Å². The van der Waals surface area contributed by atoms with Gasteiger partial charge < -0.3 is 4.74 Å². The predicted octanol–water partition coefficient (Wildman–Crippen LogP) is 11.3. The number of ether oxygens (including phenoxy) is 1. The van der Waals surface area contributed by atoms with E-state index in [0.29, 0.717) is 0 Å². The van der Waals surface area contributed by atoms with Gasteiger partial charge in [0.2, 0.25) is 0 Å². The van der Waals surface area contributed by atoms with E-state index >= 15 is 0 Å². The Hall–Kier alpha value is -5.40. The summed E-state index contributed by atoms with van der Waals surface area (Å²) in [4.78, 5) is 0. The molecule has 1 heteroatoms. The van der Waals surface area contributed by atoms with Crippen LogP contribution in [0.4, 0.5) is 0 Å². The minimum atomic E-state index is -0.489. The summed E-state index contributed by atoms with van der Waals surface area (Å²) >= 11 is 0. The molecule has 0 saturated heterocycles. The predicted molar refractivity (Wildman–Crippen MR) is 185 cm³/mol. The molecule has 7 aromatic rings. The van der Waals surface area contributed by atoms with E-state index in [2.05, 4.69) is 172 Å². The highest BCUT2D eigenvalue weighted by Crippen LogP contribution is 2.59. The lowest BCUT2D eigenvalue weighted by atomic mass is 9.66. The molecule has 0 amide bonds. The van der Waals surface area contributed by atoms with Gasteiger partial charge in [-0.3, -0.25) is 0 Å². The summed E-state index contributed by atoms with van der Waals surface area (Å²) in [6.07, 6.45) is 0. The highest BCUT2D eigenvalue weighted by molar-refractivity contribution is 6.00. The molecule has 0 bridgehead atoms. The molecule has 1 unspecified atom stereocenters. The van der Waals surface area contributed by atoms with Crippen molar-refractivity contribution >= 4 is 10.8 Å². The minimum absolute atomic E-state index is 0.226. The summed E-state index contributed by atoms with van der Waals surface area (Å²) in [5.41, 5.74) is 12.0. The van der Waals surface area contributed by atoms with Crippen molar-refractivity contribution in [2.75, 3.05) is 0 Å². The van der Waals surface area contributed by atoms with Crippen molar-refractivity contribution in [3.8, 4) is 33.8 Å². The van der Waals surface area contributed by atoms with Gasteiger partial charge in [0.1, 0.15) is 11.5 Å². The molecule has 9 rings (SSSR count). The van der Waals surface area contributed by atoms with Crippen LogP contribution < -0.4 is 4.74 Å². The lowest BCUT2D eigenvalue weighted by Crippen LogP contribution is -2.29. The first-order chi connectivity index (χ1) is 22.1. The molecule has 0 fully saturated rings. The van der Waals surface area contributed by atoms with Gasteiger partial charge in [0.05, 0.1) is 5.41 Å². The molecule has 7 aromatic carbocycles. The Morgan fingerprint density at radius 1 is 0.444 bits per heavy atom. The van der Waals surface area contributed by atoms with Crippen molar-refractivity contribution in [3.63, 3.8) is 0 Å². The molecular weight excluding hydrogens is 544 g/mol. The maximum absolute atomic E-state index is 6.54. The summed E-state index contributed by atoms with van der Waals surface area (Å²) in [5.74, 6) is 1.87. The average Bonchev–Trinajstić information content (AvgIpc) is 3.40. The Labute approximate surface area is 264 Å². The van der Waals surface area contributed by atoms with Crippen LogP contribution in [-0.4, -0.2) is 0 Å². The third kappa shape index (κ3) is 3.56. The van der Waals surface area contributed by atoms with Crippen LogP contribution in [0.1, 0.15) is 47.2 Å². The summed E-state index contributed by atoms with van der Waals surface area (Å²) < 4.78 is 6.54. The van der Waals surface area contributed by atoms with Gasteiger partial charge in [0.25, 0.3) is 0 Å². The summed E-state index contributed by atoms with van der Waals surface area (Å²) in [5, 5.41) is 2.55. The second-order valence-corrected chi connectivity index (χ2v) is 12.9. The van der Waals surface area contributed by atoms with Gasteiger partial charge in [-0.2, -0.15) is 0 Å². The second-order valence-electron chi connectivity index (χ2n) is 12.9. The fourth-order valence-corrected chi connectivity index (χ4v) is 8.28. The van der Waals surface area contributed by atoms with E-state index < -0.39 is 5.41 Å². The van der Waals surface area contributed by atoms with Gasteiger partial charge in [0.15, 0.2) is 0 Å². The molecule has 1 heterocycles. The normalized spacial score (nSPS) is 17.1. The van der Waals surface area contributed by atoms with Crippen molar-refractivity contribution in [2.45, 2.75) is 24.7 Å². The van der Waals surface area contributed by atoms with Crippen LogP contribution in [-0.2, 0) is 10.8 Å². The topological polar surface area (TPSA) is 9.23 Å². The summed E-state index contributed by atoms with van der Waals surface area (Å²) in [7, 11) is 0. The van der Waals surface area contributed by atoms with Crippen molar-refractivity contribution in [2.24, 2.45) is 0 Å². The minimum Gasteiger partial charge on any atom is -0.457 e. The van der Waals surface area contributed by atoms with Crippen molar-refractivity contribution in [1.82, 2.24) is 0 Å². The highest BCUT2D eigenvalue weighted by Gasteiger charge is 2.47. The molecule has 0 saturated carbocycles.